The highest BCUT2D eigenvalue weighted by molar-refractivity contribution is 9.10. The van der Waals surface area contributed by atoms with Crippen LogP contribution in [0.4, 0.5) is 10.8 Å². The Kier molecular flexibility index (Phi) is 5.41. The van der Waals surface area contributed by atoms with Crippen LogP contribution in [-0.4, -0.2) is 31.1 Å². The summed E-state index contributed by atoms with van der Waals surface area (Å²) in [5.41, 5.74) is 2.14. The van der Waals surface area contributed by atoms with E-state index in [1.54, 1.807) is 30.0 Å². The molecule has 0 saturated carbocycles. The molecule has 1 aromatic heterocycles. The Bertz CT molecular complexity index is 1190. The van der Waals surface area contributed by atoms with Gasteiger partial charge < -0.3 is 4.90 Å². The van der Waals surface area contributed by atoms with Gasteiger partial charge in [0.2, 0.25) is 5.13 Å². The highest BCUT2D eigenvalue weighted by Gasteiger charge is 2.27. The number of fused-ring (bicyclic) bond motifs is 1. The Morgan fingerprint density at radius 3 is 2.72 bits per heavy atom. The van der Waals surface area contributed by atoms with E-state index in [-0.39, 0.29) is 15.9 Å². The average Bonchev–Trinajstić information content (AvgIpc) is 3.10. The summed E-state index contributed by atoms with van der Waals surface area (Å²) in [7, 11) is -3.78. The first kappa shape index (κ1) is 20.0. The van der Waals surface area contributed by atoms with Crippen LogP contribution in [0.1, 0.15) is 27.3 Å². The zero-order valence-electron chi connectivity index (χ0n) is 15.4. The number of benzene rings is 2. The predicted octanol–water partition coefficient (Wildman–Crippen LogP) is 4.00. The minimum atomic E-state index is -3.78. The molecule has 1 N–H and O–H groups in total. The summed E-state index contributed by atoms with van der Waals surface area (Å²) in [4.78, 5) is 14.9. The number of nitrogens with zero attached hydrogens (tertiary/aromatic N) is 3. The lowest BCUT2D eigenvalue weighted by Gasteiger charge is -2.30. The first-order valence-electron chi connectivity index (χ1n) is 8.87. The standard InChI is InChI=1S/C19H17BrN4O3S2/c1-12-21-22-19(28-12)23-29(26,27)14-8-9-17-13(11-14)5-4-10-24(17)18(25)15-6-2-3-7-16(15)20/h2-3,6-9,11H,4-5,10H2,1H3,(H,22,23). The Labute approximate surface area is 181 Å². The zero-order chi connectivity index (χ0) is 20.6. The van der Waals surface area contributed by atoms with E-state index in [9.17, 15) is 13.2 Å². The molecule has 0 saturated heterocycles. The lowest BCUT2D eigenvalue weighted by Crippen LogP contribution is -2.35. The number of hydrogen-bond donors (Lipinski definition) is 1. The summed E-state index contributed by atoms with van der Waals surface area (Å²) < 4.78 is 28.6. The maximum absolute atomic E-state index is 13.1. The van der Waals surface area contributed by atoms with Crippen LogP contribution in [-0.2, 0) is 16.4 Å². The molecular weight excluding hydrogens is 476 g/mol. The molecule has 1 amide bonds. The number of carbonyl (C=O) groups excluding carboxylic acids is 1. The van der Waals surface area contributed by atoms with E-state index in [0.717, 1.165) is 22.1 Å². The first-order chi connectivity index (χ1) is 13.8. The fourth-order valence-corrected chi connectivity index (χ4v) is 5.57. The van der Waals surface area contributed by atoms with Crippen molar-refractivity contribution in [1.82, 2.24) is 10.2 Å². The molecule has 150 valence electrons. The third-order valence-corrected chi connectivity index (χ3v) is 7.49. The van der Waals surface area contributed by atoms with E-state index in [1.807, 2.05) is 18.2 Å². The minimum Gasteiger partial charge on any atom is -0.308 e. The second-order valence-electron chi connectivity index (χ2n) is 6.56. The number of carbonyl (C=O) groups is 1. The highest BCUT2D eigenvalue weighted by atomic mass is 79.9. The van der Waals surface area contributed by atoms with Gasteiger partial charge in [0.15, 0.2) is 0 Å². The fraction of sp³-hybridized carbons (Fsp3) is 0.211. The largest absolute Gasteiger partial charge is 0.308 e. The molecule has 29 heavy (non-hydrogen) atoms. The topological polar surface area (TPSA) is 92.3 Å². The van der Waals surface area contributed by atoms with Gasteiger partial charge in [0.25, 0.3) is 15.9 Å². The van der Waals surface area contributed by atoms with E-state index in [0.29, 0.717) is 23.5 Å². The summed E-state index contributed by atoms with van der Waals surface area (Å²) in [6.45, 7) is 2.34. The molecule has 3 aromatic rings. The number of rotatable bonds is 4. The summed E-state index contributed by atoms with van der Waals surface area (Å²) in [6, 6.07) is 12.1. The van der Waals surface area contributed by atoms with Crippen molar-refractivity contribution in [2.24, 2.45) is 0 Å². The molecule has 2 heterocycles. The van der Waals surface area contributed by atoms with E-state index in [1.165, 1.54) is 17.4 Å². The van der Waals surface area contributed by atoms with Crippen molar-refractivity contribution in [2.75, 3.05) is 16.2 Å². The molecule has 0 fully saturated rings. The molecular formula is C19H17BrN4O3S2. The van der Waals surface area contributed by atoms with E-state index < -0.39 is 10.0 Å². The number of anilines is 2. The van der Waals surface area contributed by atoms with Crippen molar-refractivity contribution in [3.8, 4) is 0 Å². The number of hydrogen-bond acceptors (Lipinski definition) is 6. The number of halogens is 1. The van der Waals surface area contributed by atoms with Crippen molar-refractivity contribution in [2.45, 2.75) is 24.7 Å². The Hall–Kier alpha value is -2.30. The van der Waals surface area contributed by atoms with Crippen molar-refractivity contribution in [3.63, 3.8) is 0 Å². The molecule has 0 bridgehead atoms. The van der Waals surface area contributed by atoms with E-state index in [2.05, 4.69) is 30.8 Å². The third kappa shape index (κ3) is 4.05. The highest BCUT2D eigenvalue weighted by Crippen LogP contribution is 2.32. The molecule has 7 nitrogen and oxygen atoms in total. The van der Waals surface area contributed by atoms with Gasteiger partial charge in [-0.05, 0) is 71.6 Å². The van der Waals surface area contributed by atoms with Gasteiger partial charge in [-0.1, -0.05) is 23.5 Å². The fourth-order valence-electron chi connectivity index (χ4n) is 3.24. The van der Waals surface area contributed by atoms with Gasteiger partial charge in [-0.2, -0.15) is 0 Å². The van der Waals surface area contributed by atoms with E-state index in [4.69, 9.17) is 0 Å². The molecule has 0 unspecified atom stereocenters. The lowest BCUT2D eigenvalue weighted by molar-refractivity contribution is 0.0984. The third-order valence-electron chi connectivity index (χ3n) is 4.58. The molecule has 1 aliphatic rings. The van der Waals surface area contributed by atoms with Gasteiger partial charge in [-0.3, -0.25) is 9.52 Å². The summed E-state index contributed by atoms with van der Waals surface area (Å²) >= 11 is 4.60. The molecule has 0 radical (unpaired) electrons. The number of aromatic nitrogens is 2. The summed E-state index contributed by atoms with van der Waals surface area (Å²) in [5.74, 6) is -0.114. The van der Waals surface area contributed by atoms with Gasteiger partial charge >= 0.3 is 0 Å². The van der Waals surface area contributed by atoms with E-state index >= 15 is 0 Å². The molecule has 10 heteroatoms. The SMILES string of the molecule is Cc1nnc(NS(=O)(=O)c2ccc3c(c2)CCCN3C(=O)c2ccccc2Br)s1. The molecule has 0 spiro atoms. The van der Waals surface area contributed by atoms with Crippen molar-refractivity contribution in [3.05, 3.63) is 63.1 Å². The second kappa shape index (κ2) is 7.85. The first-order valence-corrected chi connectivity index (χ1v) is 12.0. The van der Waals surface area contributed by atoms with Crippen LogP contribution in [0.5, 0.6) is 0 Å². The summed E-state index contributed by atoms with van der Waals surface area (Å²) in [6.07, 6.45) is 1.46. The van der Waals surface area contributed by atoms with Crippen LogP contribution < -0.4 is 9.62 Å². The van der Waals surface area contributed by atoms with Crippen LogP contribution in [0.25, 0.3) is 0 Å². The van der Waals surface area contributed by atoms with Crippen molar-refractivity contribution < 1.29 is 13.2 Å². The van der Waals surface area contributed by atoms with Gasteiger partial charge in [-0.15, -0.1) is 10.2 Å². The monoisotopic (exact) mass is 492 g/mol. The maximum atomic E-state index is 13.1. The van der Waals surface area contributed by atoms with Crippen LogP contribution in [0.3, 0.4) is 0 Å². The number of amides is 1. The average molecular weight is 493 g/mol. The number of aryl methyl sites for hydroxylation is 2. The Morgan fingerprint density at radius 1 is 1.21 bits per heavy atom. The normalized spacial score (nSPS) is 13.8. The van der Waals surface area contributed by atoms with Gasteiger partial charge in [0.1, 0.15) is 5.01 Å². The minimum absolute atomic E-state index is 0.114. The van der Waals surface area contributed by atoms with Crippen LogP contribution >= 0.6 is 27.3 Å². The van der Waals surface area contributed by atoms with Gasteiger partial charge in [0, 0.05) is 16.7 Å². The van der Waals surface area contributed by atoms with Gasteiger partial charge in [-0.25, -0.2) is 8.42 Å². The van der Waals surface area contributed by atoms with Crippen LogP contribution in [0.15, 0.2) is 51.8 Å². The molecule has 0 aliphatic carbocycles. The van der Waals surface area contributed by atoms with Crippen LogP contribution in [0, 0.1) is 6.92 Å². The molecule has 4 rings (SSSR count). The second-order valence-corrected chi connectivity index (χ2v) is 10.3. The summed E-state index contributed by atoms with van der Waals surface area (Å²) in [5, 5.41) is 8.54. The predicted molar refractivity (Wildman–Crippen MR) is 116 cm³/mol. The Morgan fingerprint density at radius 2 is 2.00 bits per heavy atom. The van der Waals surface area contributed by atoms with Gasteiger partial charge in [0.05, 0.1) is 10.5 Å². The van der Waals surface area contributed by atoms with Crippen LogP contribution in [0.2, 0.25) is 0 Å². The van der Waals surface area contributed by atoms with Crippen molar-refractivity contribution >= 4 is 54.0 Å². The maximum Gasteiger partial charge on any atom is 0.263 e. The number of sulfonamides is 1. The molecule has 1 aliphatic heterocycles. The smallest absolute Gasteiger partial charge is 0.263 e. The quantitative estimate of drug-likeness (QED) is 0.593. The zero-order valence-corrected chi connectivity index (χ0v) is 18.6. The number of nitrogens with one attached hydrogen (secondary N) is 1. The molecule has 2 aromatic carbocycles. The lowest BCUT2D eigenvalue weighted by atomic mass is 10.0. The molecule has 0 atom stereocenters. The Balaban J connectivity index is 1.65. The van der Waals surface area contributed by atoms with Crippen molar-refractivity contribution in [1.29, 1.82) is 0 Å².